The highest BCUT2D eigenvalue weighted by atomic mass is 16.5. The van der Waals surface area contributed by atoms with Crippen molar-refractivity contribution in [2.75, 3.05) is 46.1 Å². The van der Waals surface area contributed by atoms with Crippen molar-refractivity contribution in [2.45, 2.75) is 59.0 Å². The Balaban J connectivity index is 1.74. The zero-order chi connectivity index (χ0) is 15.5. The molecule has 21 heavy (non-hydrogen) atoms. The Labute approximate surface area is 131 Å². The normalized spacial score (nSPS) is 16.9. The standard InChI is InChI=1S/C17H36N2O2/c1-15(2)7-5-6-9-20-11-12-21-10-8-19-13-17(14-19)18-16(3)4/h15-18H,5-14H2,1-4H3. The summed E-state index contributed by atoms with van der Waals surface area (Å²) < 4.78 is 11.2. The summed E-state index contributed by atoms with van der Waals surface area (Å²) in [6.07, 6.45) is 3.76. The second kappa shape index (κ2) is 11.4. The molecule has 1 fully saturated rings. The Hall–Kier alpha value is -0.160. The lowest BCUT2D eigenvalue weighted by Gasteiger charge is -2.40. The maximum absolute atomic E-state index is 5.61. The Morgan fingerprint density at radius 2 is 1.62 bits per heavy atom. The van der Waals surface area contributed by atoms with E-state index in [0.29, 0.717) is 12.1 Å². The fraction of sp³-hybridized carbons (Fsp3) is 1.00. The minimum absolute atomic E-state index is 0.589. The third-order valence-corrected chi connectivity index (χ3v) is 3.77. The van der Waals surface area contributed by atoms with Gasteiger partial charge < -0.3 is 14.8 Å². The van der Waals surface area contributed by atoms with E-state index < -0.39 is 0 Å². The molecule has 4 nitrogen and oxygen atoms in total. The molecule has 1 aliphatic rings. The highest BCUT2D eigenvalue weighted by Gasteiger charge is 2.25. The number of rotatable bonds is 13. The van der Waals surface area contributed by atoms with Gasteiger partial charge in [-0.15, -0.1) is 0 Å². The first-order chi connectivity index (χ1) is 10.1. The van der Waals surface area contributed by atoms with Crippen LogP contribution in [0.15, 0.2) is 0 Å². The minimum atomic E-state index is 0.589. The fourth-order valence-corrected chi connectivity index (χ4v) is 2.60. The topological polar surface area (TPSA) is 33.7 Å². The molecule has 0 amide bonds. The quantitative estimate of drug-likeness (QED) is 0.530. The van der Waals surface area contributed by atoms with Crippen LogP contribution >= 0.6 is 0 Å². The van der Waals surface area contributed by atoms with Gasteiger partial charge in [0, 0.05) is 38.3 Å². The van der Waals surface area contributed by atoms with Crippen LogP contribution in [0.4, 0.5) is 0 Å². The summed E-state index contributed by atoms with van der Waals surface area (Å²) in [7, 11) is 0. The van der Waals surface area contributed by atoms with Gasteiger partial charge in [0.15, 0.2) is 0 Å². The van der Waals surface area contributed by atoms with Crippen LogP contribution in [-0.4, -0.2) is 63.0 Å². The number of nitrogens with one attached hydrogen (secondary N) is 1. The molecule has 0 saturated carbocycles. The van der Waals surface area contributed by atoms with Crippen molar-refractivity contribution in [3.05, 3.63) is 0 Å². The molecular weight excluding hydrogens is 264 g/mol. The first kappa shape index (κ1) is 18.9. The van der Waals surface area contributed by atoms with Crippen LogP contribution in [0.3, 0.4) is 0 Å². The lowest BCUT2D eigenvalue weighted by Crippen LogP contribution is -2.59. The van der Waals surface area contributed by atoms with Crippen molar-refractivity contribution in [3.8, 4) is 0 Å². The Morgan fingerprint density at radius 1 is 0.952 bits per heavy atom. The van der Waals surface area contributed by atoms with Crippen LogP contribution in [0.2, 0.25) is 0 Å². The van der Waals surface area contributed by atoms with Gasteiger partial charge in [0.1, 0.15) is 0 Å². The number of likely N-dealkylation sites (tertiary alicyclic amines) is 1. The third kappa shape index (κ3) is 10.2. The van der Waals surface area contributed by atoms with E-state index in [9.17, 15) is 0 Å². The van der Waals surface area contributed by atoms with E-state index in [2.05, 4.69) is 37.9 Å². The molecule has 0 aromatic carbocycles. The van der Waals surface area contributed by atoms with E-state index >= 15 is 0 Å². The number of unbranched alkanes of at least 4 members (excludes halogenated alkanes) is 1. The molecule has 126 valence electrons. The molecule has 0 bridgehead atoms. The summed E-state index contributed by atoms with van der Waals surface area (Å²) in [5.74, 6) is 0.810. The fourth-order valence-electron chi connectivity index (χ4n) is 2.60. The first-order valence-corrected chi connectivity index (χ1v) is 8.71. The van der Waals surface area contributed by atoms with E-state index in [1.165, 1.54) is 19.3 Å². The summed E-state index contributed by atoms with van der Waals surface area (Å²) in [5.41, 5.74) is 0. The van der Waals surface area contributed by atoms with Crippen LogP contribution in [-0.2, 0) is 9.47 Å². The lowest BCUT2D eigenvalue weighted by molar-refractivity contribution is 0.0233. The predicted molar refractivity (Wildman–Crippen MR) is 88.8 cm³/mol. The summed E-state index contributed by atoms with van der Waals surface area (Å²) in [5, 5.41) is 3.55. The molecule has 0 radical (unpaired) electrons. The van der Waals surface area contributed by atoms with Crippen molar-refractivity contribution >= 4 is 0 Å². The Morgan fingerprint density at radius 3 is 2.24 bits per heavy atom. The molecular formula is C17H36N2O2. The molecule has 1 aliphatic heterocycles. The molecule has 4 heteroatoms. The van der Waals surface area contributed by atoms with Gasteiger partial charge in [0.25, 0.3) is 0 Å². The second-order valence-corrected chi connectivity index (χ2v) is 6.89. The van der Waals surface area contributed by atoms with Crippen molar-refractivity contribution in [1.82, 2.24) is 10.2 Å². The van der Waals surface area contributed by atoms with E-state index in [-0.39, 0.29) is 0 Å². The molecule has 0 atom stereocenters. The average molecular weight is 300 g/mol. The van der Waals surface area contributed by atoms with Gasteiger partial charge in [0.2, 0.25) is 0 Å². The summed E-state index contributed by atoms with van der Waals surface area (Å²) in [6, 6.07) is 1.27. The average Bonchev–Trinajstić information content (AvgIpc) is 2.36. The van der Waals surface area contributed by atoms with E-state index in [1.807, 2.05) is 0 Å². The van der Waals surface area contributed by atoms with Crippen LogP contribution in [0, 0.1) is 5.92 Å². The van der Waals surface area contributed by atoms with Crippen molar-refractivity contribution in [3.63, 3.8) is 0 Å². The van der Waals surface area contributed by atoms with E-state index in [1.54, 1.807) is 0 Å². The maximum Gasteiger partial charge on any atom is 0.0701 e. The Kier molecular flexibility index (Phi) is 10.3. The molecule has 0 unspecified atom stereocenters. The van der Waals surface area contributed by atoms with Crippen molar-refractivity contribution < 1.29 is 9.47 Å². The monoisotopic (exact) mass is 300 g/mol. The number of hydrogen-bond acceptors (Lipinski definition) is 4. The zero-order valence-electron chi connectivity index (χ0n) is 14.6. The molecule has 1 heterocycles. The first-order valence-electron chi connectivity index (χ1n) is 8.71. The molecule has 0 aromatic heterocycles. The zero-order valence-corrected chi connectivity index (χ0v) is 14.6. The van der Waals surface area contributed by atoms with Gasteiger partial charge in [-0.25, -0.2) is 0 Å². The maximum atomic E-state index is 5.61. The van der Waals surface area contributed by atoms with E-state index in [4.69, 9.17) is 9.47 Å². The van der Waals surface area contributed by atoms with E-state index in [0.717, 1.165) is 52.0 Å². The van der Waals surface area contributed by atoms with Gasteiger partial charge >= 0.3 is 0 Å². The number of nitrogens with zero attached hydrogens (tertiary/aromatic N) is 1. The van der Waals surface area contributed by atoms with Crippen LogP contribution in [0.5, 0.6) is 0 Å². The van der Waals surface area contributed by atoms with Gasteiger partial charge in [-0.3, -0.25) is 4.90 Å². The van der Waals surface area contributed by atoms with Gasteiger partial charge in [-0.1, -0.05) is 40.5 Å². The van der Waals surface area contributed by atoms with Crippen molar-refractivity contribution in [1.29, 1.82) is 0 Å². The highest BCUT2D eigenvalue weighted by molar-refractivity contribution is 4.86. The SMILES string of the molecule is CC(C)CCCCOCCOCCN1CC(NC(C)C)C1. The van der Waals surface area contributed by atoms with Gasteiger partial charge in [0.05, 0.1) is 19.8 Å². The third-order valence-electron chi connectivity index (χ3n) is 3.77. The summed E-state index contributed by atoms with van der Waals surface area (Å²) in [6.45, 7) is 15.5. The molecule has 1 rings (SSSR count). The van der Waals surface area contributed by atoms with Crippen LogP contribution in [0.1, 0.15) is 47.0 Å². The lowest BCUT2D eigenvalue weighted by atomic mass is 10.1. The van der Waals surface area contributed by atoms with Crippen LogP contribution in [0.25, 0.3) is 0 Å². The molecule has 0 aromatic rings. The van der Waals surface area contributed by atoms with Crippen molar-refractivity contribution in [2.24, 2.45) is 5.92 Å². The smallest absolute Gasteiger partial charge is 0.0701 e. The molecule has 1 N–H and O–H groups in total. The molecule has 1 saturated heterocycles. The summed E-state index contributed by atoms with van der Waals surface area (Å²) >= 11 is 0. The predicted octanol–water partition coefficient (Wildman–Crippen LogP) is 2.53. The molecule has 0 aliphatic carbocycles. The van der Waals surface area contributed by atoms with Gasteiger partial charge in [-0.2, -0.15) is 0 Å². The largest absolute Gasteiger partial charge is 0.379 e. The minimum Gasteiger partial charge on any atom is -0.379 e. The molecule has 0 spiro atoms. The summed E-state index contributed by atoms with van der Waals surface area (Å²) in [4.78, 5) is 2.44. The Bertz CT molecular complexity index is 241. The number of ether oxygens (including phenoxy) is 2. The second-order valence-electron chi connectivity index (χ2n) is 6.89. The highest BCUT2D eigenvalue weighted by Crippen LogP contribution is 2.08. The number of hydrogen-bond donors (Lipinski definition) is 1. The van der Waals surface area contributed by atoms with Gasteiger partial charge in [-0.05, 0) is 12.3 Å². The van der Waals surface area contributed by atoms with Crippen LogP contribution < -0.4 is 5.32 Å².